The van der Waals surface area contributed by atoms with Crippen LogP contribution in [0.15, 0.2) is 113 Å². The Morgan fingerprint density at radius 3 is 2.28 bits per heavy atom. The average molecular weight is 564 g/mol. The zero-order valence-electron chi connectivity index (χ0n) is 21.0. The summed E-state index contributed by atoms with van der Waals surface area (Å²) in [5.74, 6) is 0.500. The van der Waals surface area contributed by atoms with Crippen LogP contribution in [-0.4, -0.2) is 34.2 Å². The summed E-state index contributed by atoms with van der Waals surface area (Å²) in [5, 5.41) is 4.68. The molecule has 1 N–H and O–H groups in total. The molecule has 0 aliphatic carbocycles. The fraction of sp³-hybridized carbons (Fsp3) is 0.103. The van der Waals surface area contributed by atoms with Crippen molar-refractivity contribution in [3.05, 3.63) is 119 Å². The van der Waals surface area contributed by atoms with Gasteiger partial charge in [-0.2, -0.15) is 5.10 Å². The van der Waals surface area contributed by atoms with Gasteiger partial charge in [0.15, 0.2) is 0 Å². The van der Waals surface area contributed by atoms with Crippen LogP contribution in [0.4, 0.5) is 5.69 Å². The van der Waals surface area contributed by atoms with Crippen LogP contribution in [0, 0.1) is 0 Å². The highest BCUT2D eigenvalue weighted by Crippen LogP contribution is 2.25. The number of benzene rings is 4. The smallest absolute Gasteiger partial charge is 0.264 e. The van der Waals surface area contributed by atoms with Crippen LogP contribution in [0.25, 0.3) is 0 Å². The molecule has 0 aliphatic rings. The second-order valence-corrected chi connectivity index (χ2v) is 10.6. The van der Waals surface area contributed by atoms with E-state index in [2.05, 4.69) is 10.5 Å². The van der Waals surface area contributed by atoms with E-state index >= 15 is 0 Å². The zero-order chi connectivity index (χ0) is 27.7. The third-order valence-electron chi connectivity index (χ3n) is 5.60. The molecule has 0 fully saturated rings. The third kappa shape index (κ3) is 7.37. The van der Waals surface area contributed by atoms with Gasteiger partial charge in [0.1, 0.15) is 24.7 Å². The summed E-state index contributed by atoms with van der Waals surface area (Å²) in [4.78, 5) is 12.9. The van der Waals surface area contributed by atoms with Gasteiger partial charge in [-0.1, -0.05) is 54.1 Å². The van der Waals surface area contributed by atoms with Crippen LogP contribution < -0.4 is 19.2 Å². The number of ether oxygens (including phenoxy) is 2. The number of anilines is 1. The van der Waals surface area contributed by atoms with Gasteiger partial charge in [0.25, 0.3) is 15.9 Å². The molecular weight excluding hydrogens is 538 g/mol. The van der Waals surface area contributed by atoms with Crippen molar-refractivity contribution in [3.63, 3.8) is 0 Å². The molecule has 0 saturated carbocycles. The lowest BCUT2D eigenvalue weighted by atomic mass is 10.2. The van der Waals surface area contributed by atoms with Gasteiger partial charge in [-0.05, 0) is 66.2 Å². The second-order valence-electron chi connectivity index (χ2n) is 8.27. The minimum Gasteiger partial charge on any atom is -0.497 e. The Labute approximate surface area is 232 Å². The highest BCUT2D eigenvalue weighted by molar-refractivity contribution is 7.92. The number of amides is 1. The zero-order valence-corrected chi connectivity index (χ0v) is 22.6. The first kappa shape index (κ1) is 27.7. The normalized spacial score (nSPS) is 11.2. The number of methoxy groups -OCH3 is 1. The largest absolute Gasteiger partial charge is 0.497 e. The molecule has 0 aromatic heterocycles. The van der Waals surface area contributed by atoms with Gasteiger partial charge in [-0.3, -0.25) is 9.10 Å². The number of halogens is 1. The number of carbonyl (C=O) groups is 1. The number of hydrazone groups is 1. The Balaban J connectivity index is 1.47. The lowest BCUT2D eigenvalue weighted by molar-refractivity contribution is -0.119. The van der Waals surface area contributed by atoms with Gasteiger partial charge in [-0.25, -0.2) is 13.8 Å². The van der Waals surface area contributed by atoms with Crippen molar-refractivity contribution in [1.82, 2.24) is 5.43 Å². The first-order valence-electron chi connectivity index (χ1n) is 11.9. The molecule has 0 spiro atoms. The maximum atomic E-state index is 13.4. The molecule has 4 rings (SSSR count). The molecule has 39 heavy (non-hydrogen) atoms. The lowest BCUT2D eigenvalue weighted by Gasteiger charge is -2.23. The Hall–Kier alpha value is -4.34. The van der Waals surface area contributed by atoms with E-state index in [4.69, 9.17) is 21.1 Å². The fourth-order valence-corrected chi connectivity index (χ4v) is 5.15. The monoisotopic (exact) mass is 563 g/mol. The molecule has 0 atom stereocenters. The van der Waals surface area contributed by atoms with Crippen LogP contribution in [0.3, 0.4) is 0 Å². The molecule has 0 saturated heterocycles. The molecule has 0 bridgehead atoms. The summed E-state index contributed by atoms with van der Waals surface area (Å²) in [6.45, 7) is -0.168. The van der Waals surface area contributed by atoms with E-state index in [-0.39, 0.29) is 4.90 Å². The number of carbonyl (C=O) groups excluding carboxylic acids is 1. The van der Waals surface area contributed by atoms with E-state index < -0.39 is 22.5 Å². The molecule has 10 heteroatoms. The number of sulfonamides is 1. The fourth-order valence-electron chi connectivity index (χ4n) is 3.58. The molecule has 0 heterocycles. The highest BCUT2D eigenvalue weighted by atomic mass is 35.5. The van der Waals surface area contributed by atoms with Crippen LogP contribution >= 0.6 is 11.6 Å². The number of nitrogens with one attached hydrogen (secondary N) is 1. The Bertz CT molecular complexity index is 1530. The van der Waals surface area contributed by atoms with Crippen molar-refractivity contribution < 1.29 is 22.7 Å². The van der Waals surface area contributed by atoms with Crippen molar-refractivity contribution in [2.75, 3.05) is 18.0 Å². The van der Waals surface area contributed by atoms with Gasteiger partial charge in [0, 0.05) is 10.6 Å². The van der Waals surface area contributed by atoms with Crippen molar-refractivity contribution in [2.45, 2.75) is 11.5 Å². The van der Waals surface area contributed by atoms with Gasteiger partial charge in [-0.15, -0.1) is 0 Å². The van der Waals surface area contributed by atoms with Gasteiger partial charge in [0.2, 0.25) is 0 Å². The van der Waals surface area contributed by atoms with Gasteiger partial charge >= 0.3 is 0 Å². The second kappa shape index (κ2) is 12.9. The van der Waals surface area contributed by atoms with Crippen molar-refractivity contribution >= 4 is 39.4 Å². The van der Waals surface area contributed by atoms with E-state index in [0.29, 0.717) is 34.4 Å². The van der Waals surface area contributed by atoms with Crippen molar-refractivity contribution in [3.8, 4) is 11.5 Å². The van der Waals surface area contributed by atoms with E-state index in [0.717, 1.165) is 9.87 Å². The third-order valence-corrected chi connectivity index (χ3v) is 7.64. The summed E-state index contributed by atoms with van der Waals surface area (Å²) >= 11 is 5.94. The molecule has 8 nitrogen and oxygen atoms in total. The number of hydrogen-bond acceptors (Lipinski definition) is 6. The summed E-state index contributed by atoms with van der Waals surface area (Å²) in [5.41, 5.74) is 4.30. The predicted molar refractivity (Wildman–Crippen MR) is 152 cm³/mol. The van der Waals surface area contributed by atoms with Crippen LogP contribution in [0.2, 0.25) is 5.02 Å². The van der Waals surface area contributed by atoms with Crippen molar-refractivity contribution in [2.24, 2.45) is 5.10 Å². The van der Waals surface area contributed by atoms with Gasteiger partial charge < -0.3 is 9.47 Å². The Morgan fingerprint density at radius 2 is 1.59 bits per heavy atom. The Kier molecular flexibility index (Phi) is 9.19. The molecule has 4 aromatic rings. The molecule has 0 aliphatic heterocycles. The number of hydrogen-bond donors (Lipinski definition) is 1. The summed E-state index contributed by atoms with van der Waals surface area (Å²) < 4.78 is 38.9. The van der Waals surface area contributed by atoms with E-state index in [1.807, 2.05) is 24.3 Å². The van der Waals surface area contributed by atoms with Crippen LogP contribution in [0.1, 0.15) is 11.1 Å². The molecule has 0 unspecified atom stereocenters. The maximum absolute atomic E-state index is 13.4. The van der Waals surface area contributed by atoms with Crippen molar-refractivity contribution in [1.29, 1.82) is 0 Å². The standard InChI is InChI=1S/C29H26ClN3O5S/c1-37-26-17-15-25(16-18-26)33(39(35,36)27-8-3-2-4-9-27)20-29(34)32-31-19-23-7-5-6-10-28(23)38-21-22-11-13-24(30)14-12-22/h2-19H,20-21H2,1H3,(H,32,34)/b31-19-. The number of nitrogens with zero attached hydrogens (tertiary/aromatic N) is 2. The minimum atomic E-state index is -4.04. The quantitative estimate of drug-likeness (QED) is 0.198. The molecule has 1 amide bonds. The van der Waals surface area contributed by atoms with Gasteiger partial charge in [0.05, 0.1) is 23.9 Å². The first-order valence-corrected chi connectivity index (χ1v) is 13.7. The molecule has 0 radical (unpaired) electrons. The average Bonchev–Trinajstić information content (AvgIpc) is 2.96. The summed E-state index contributed by atoms with van der Waals surface area (Å²) in [6.07, 6.45) is 1.44. The van der Waals surface area contributed by atoms with Crippen LogP contribution in [-0.2, 0) is 21.4 Å². The topological polar surface area (TPSA) is 97.3 Å². The van der Waals surface area contributed by atoms with E-state index in [1.165, 1.54) is 25.5 Å². The van der Waals surface area contributed by atoms with Crippen LogP contribution in [0.5, 0.6) is 11.5 Å². The molecular formula is C29H26ClN3O5S. The molecule has 4 aromatic carbocycles. The molecule has 200 valence electrons. The van der Waals surface area contributed by atoms with E-state index in [1.54, 1.807) is 66.7 Å². The Morgan fingerprint density at radius 1 is 0.923 bits per heavy atom. The SMILES string of the molecule is COc1ccc(N(CC(=O)N/N=C\c2ccccc2OCc2ccc(Cl)cc2)S(=O)(=O)c2ccccc2)cc1. The minimum absolute atomic E-state index is 0.0592. The highest BCUT2D eigenvalue weighted by Gasteiger charge is 2.27. The van der Waals surface area contributed by atoms with E-state index in [9.17, 15) is 13.2 Å². The maximum Gasteiger partial charge on any atom is 0.264 e. The lowest BCUT2D eigenvalue weighted by Crippen LogP contribution is -2.39. The number of para-hydroxylation sites is 1. The summed E-state index contributed by atoms with van der Waals surface area (Å²) in [6, 6.07) is 28.8. The summed E-state index contributed by atoms with van der Waals surface area (Å²) in [7, 11) is -2.52. The number of rotatable bonds is 11. The first-order chi connectivity index (χ1) is 18.9. The predicted octanol–water partition coefficient (Wildman–Crippen LogP) is 5.27.